The summed E-state index contributed by atoms with van der Waals surface area (Å²) in [5.41, 5.74) is 1.67. The standard InChI is InChI=1S/C31H51NO3/c1-19(2)20-11-16-31(26(33)34)18-17-29(6)21(25(20)31)9-10-23-28(5)14-13-24(32-35-8)27(3,4)22(28)12-15-30(23,29)7/h19-23,25H,9-18H2,1-8H3,(H,33,34)/b32-24+/t20-,21+,22-,23+,25+,28-,29+,30+,31-/m0/s1. The summed E-state index contributed by atoms with van der Waals surface area (Å²) in [6.07, 6.45) is 11.3. The zero-order valence-corrected chi connectivity index (χ0v) is 23.7. The predicted octanol–water partition coefficient (Wildman–Crippen LogP) is 7.81. The number of carboxylic acid groups (broad SMARTS) is 1. The van der Waals surface area contributed by atoms with Crippen molar-refractivity contribution in [3.05, 3.63) is 0 Å². The first kappa shape index (κ1) is 25.6. The van der Waals surface area contributed by atoms with Crippen molar-refractivity contribution >= 4 is 11.7 Å². The fourth-order valence-electron chi connectivity index (χ4n) is 11.8. The second-order valence-corrected chi connectivity index (χ2v) is 15.0. The molecule has 0 unspecified atom stereocenters. The predicted molar refractivity (Wildman–Crippen MR) is 141 cm³/mol. The maximum atomic E-state index is 12.8. The summed E-state index contributed by atoms with van der Waals surface area (Å²) in [4.78, 5) is 18.1. The van der Waals surface area contributed by atoms with Gasteiger partial charge in [-0.25, -0.2) is 0 Å². The van der Waals surface area contributed by atoms with E-state index in [0.717, 1.165) is 32.1 Å². The lowest BCUT2D eigenvalue weighted by Gasteiger charge is -2.72. The smallest absolute Gasteiger partial charge is 0.309 e. The highest BCUT2D eigenvalue weighted by Crippen LogP contribution is 2.77. The van der Waals surface area contributed by atoms with Crippen LogP contribution in [0.4, 0.5) is 0 Å². The van der Waals surface area contributed by atoms with Gasteiger partial charge in [0.05, 0.1) is 11.1 Å². The van der Waals surface area contributed by atoms with Crippen LogP contribution < -0.4 is 0 Å². The van der Waals surface area contributed by atoms with Gasteiger partial charge in [0.2, 0.25) is 0 Å². The molecule has 35 heavy (non-hydrogen) atoms. The van der Waals surface area contributed by atoms with Crippen molar-refractivity contribution in [3.63, 3.8) is 0 Å². The largest absolute Gasteiger partial charge is 0.481 e. The number of fused-ring (bicyclic) bond motifs is 7. The Morgan fingerprint density at radius 1 is 0.914 bits per heavy atom. The molecule has 0 bridgehead atoms. The highest BCUT2D eigenvalue weighted by Gasteiger charge is 2.72. The molecule has 5 saturated carbocycles. The lowest BCUT2D eigenvalue weighted by Crippen LogP contribution is -2.66. The van der Waals surface area contributed by atoms with E-state index in [1.54, 1.807) is 7.11 Å². The fraction of sp³-hybridized carbons (Fsp3) is 0.935. The summed E-state index contributed by atoms with van der Waals surface area (Å²) in [7, 11) is 1.69. The van der Waals surface area contributed by atoms with E-state index in [-0.39, 0.29) is 16.2 Å². The van der Waals surface area contributed by atoms with E-state index >= 15 is 0 Å². The van der Waals surface area contributed by atoms with E-state index in [4.69, 9.17) is 4.84 Å². The van der Waals surface area contributed by atoms with E-state index < -0.39 is 11.4 Å². The maximum absolute atomic E-state index is 12.8. The molecule has 0 saturated heterocycles. The number of rotatable bonds is 3. The van der Waals surface area contributed by atoms with Crippen LogP contribution in [0.15, 0.2) is 5.16 Å². The molecule has 0 spiro atoms. The highest BCUT2D eigenvalue weighted by atomic mass is 16.6. The van der Waals surface area contributed by atoms with Gasteiger partial charge in [0.1, 0.15) is 7.11 Å². The van der Waals surface area contributed by atoms with E-state index in [1.165, 1.54) is 37.8 Å². The molecule has 5 aliphatic carbocycles. The summed E-state index contributed by atoms with van der Waals surface area (Å²) in [5.74, 6) is 2.87. The Hall–Kier alpha value is -1.06. The number of hydrogen-bond acceptors (Lipinski definition) is 3. The van der Waals surface area contributed by atoms with E-state index in [0.29, 0.717) is 40.9 Å². The Balaban J connectivity index is 1.54. The van der Waals surface area contributed by atoms with Gasteiger partial charge in [0.15, 0.2) is 0 Å². The average molecular weight is 486 g/mol. The molecular formula is C31H51NO3. The number of aliphatic carboxylic acids is 1. The number of carboxylic acids is 1. The van der Waals surface area contributed by atoms with Gasteiger partial charge in [-0.2, -0.15) is 0 Å². The minimum atomic E-state index is -0.491. The Labute approximate surface area is 214 Å². The number of nitrogens with zero attached hydrogens (tertiary/aromatic N) is 1. The minimum absolute atomic E-state index is 0.0707. The molecule has 0 aromatic carbocycles. The van der Waals surface area contributed by atoms with Gasteiger partial charge >= 0.3 is 5.97 Å². The van der Waals surface area contributed by atoms with Crippen molar-refractivity contribution in [1.82, 2.24) is 0 Å². The molecule has 4 heteroatoms. The summed E-state index contributed by atoms with van der Waals surface area (Å²) in [6.45, 7) is 17.4. The third kappa shape index (κ3) is 3.09. The molecule has 198 valence electrons. The molecule has 0 amide bonds. The lowest BCUT2D eigenvalue weighted by molar-refractivity contribution is -0.232. The minimum Gasteiger partial charge on any atom is -0.481 e. The number of carbonyl (C=O) groups is 1. The van der Waals surface area contributed by atoms with Crippen LogP contribution in [0.25, 0.3) is 0 Å². The van der Waals surface area contributed by atoms with Crippen LogP contribution >= 0.6 is 0 Å². The zero-order chi connectivity index (χ0) is 25.6. The molecular weight excluding hydrogens is 434 g/mol. The quantitative estimate of drug-likeness (QED) is 0.415. The number of oxime groups is 1. The first-order chi connectivity index (χ1) is 16.3. The summed E-state index contributed by atoms with van der Waals surface area (Å²) < 4.78 is 0. The van der Waals surface area contributed by atoms with E-state index in [2.05, 4.69) is 53.6 Å². The Morgan fingerprint density at radius 2 is 1.63 bits per heavy atom. The monoisotopic (exact) mass is 485 g/mol. The molecule has 5 fully saturated rings. The molecule has 5 aliphatic rings. The Morgan fingerprint density at radius 3 is 2.26 bits per heavy atom. The first-order valence-corrected chi connectivity index (χ1v) is 14.6. The van der Waals surface area contributed by atoms with E-state index in [1.807, 2.05) is 0 Å². The van der Waals surface area contributed by atoms with Gasteiger partial charge in [-0.15, -0.1) is 0 Å². The normalized spacial score (nSPS) is 51.8. The topological polar surface area (TPSA) is 58.9 Å². The SMILES string of the molecule is CO/N=C1\CC[C@]2(C)[C@H]3CC[C@@H]4[C@H]5[C@H](C(C)C)CC[C@]5(C(=O)O)CC[C@@]4(C)[C@]3(C)CC[C@H]2C1(C)C. The average Bonchev–Trinajstić information content (AvgIpc) is 3.18. The van der Waals surface area contributed by atoms with Gasteiger partial charge in [0.25, 0.3) is 0 Å². The molecule has 1 N–H and O–H groups in total. The Kier molecular flexibility index (Phi) is 5.82. The van der Waals surface area contributed by atoms with Crippen LogP contribution in [0.3, 0.4) is 0 Å². The molecule has 0 aromatic heterocycles. The van der Waals surface area contributed by atoms with Gasteiger partial charge in [-0.1, -0.05) is 53.6 Å². The molecule has 0 aromatic rings. The van der Waals surface area contributed by atoms with Gasteiger partial charge < -0.3 is 9.94 Å². The van der Waals surface area contributed by atoms with Crippen molar-refractivity contribution in [2.45, 2.75) is 113 Å². The van der Waals surface area contributed by atoms with Gasteiger partial charge in [-0.05, 0) is 116 Å². The van der Waals surface area contributed by atoms with E-state index in [9.17, 15) is 9.90 Å². The summed E-state index contributed by atoms with van der Waals surface area (Å²) in [6, 6.07) is 0. The van der Waals surface area contributed by atoms with Crippen LogP contribution in [0.2, 0.25) is 0 Å². The van der Waals surface area contributed by atoms with Crippen molar-refractivity contribution in [3.8, 4) is 0 Å². The fourth-order valence-corrected chi connectivity index (χ4v) is 11.8. The van der Waals surface area contributed by atoms with Crippen molar-refractivity contribution in [1.29, 1.82) is 0 Å². The molecule has 9 atom stereocenters. The van der Waals surface area contributed by atoms with Crippen molar-refractivity contribution in [2.24, 2.45) is 67.7 Å². The maximum Gasteiger partial charge on any atom is 0.309 e. The zero-order valence-electron chi connectivity index (χ0n) is 23.7. The van der Waals surface area contributed by atoms with Crippen molar-refractivity contribution < 1.29 is 14.7 Å². The number of hydrogen-bond donors (Lipinski definition) is 1. The molecule has 4 nitrogen and oxygen atoms in total. The highest BCUT2D eigenvalue weighted by molar-refractivity contribution is 5.90. The second-order valence-electron chi connectivity index (χ2n) is 15.0. The summed E-state index contributed by atoms with van der Waals surface area (Å²) >= 11 is 0. The van der Waals surface area contributed by atoms with Crippen LogP contribution in [-0.4, -0.2) is 23.9 Å². The van der Waals surface area contributed by atoms with Crippen molar-refractivity contribution in [2.75, 3.05) is 7.11 Å². The van der Waals surface area contributed by atoms with Crippen LogP contribution in [0.1, 0.15) is 113 Å². The third-order valence-electron chi connectivity index (χ3n) is 13.7. The molecule has 0 heterocycles. The Bertz CT molecular complexity index is 909. The van der Waals surface area contributed by atoms with Crippen LogP contribution in [0.5, 0.6) is 0 Å². The van der Waals surface area contributed by atoms with Crippen LogP contribution in [0, 0.1) is 62.6 Å². The van der Waals surface area contributed by atoms with Crippen LogP contribution in [-0.2, 0) is 9.63 Å². The first-order valence-electron chi connectivity index (χ1n) is 14.6. The van der Waals surface area contributed by atoms with Gasteiger partial charge in [-0.3, -0.25) is 4.79 Å². The third-order valence-corrected chi connectivity index (χ3v) is 13.7. The molecule has 5 rings (SSSR count). The second kappa shape index (κ2) is 7.97. The van der Waals surface area contributed by atoms with Gasteiger partial charge in [0, 0.05) is 5.41 Å². The summed E-state index contributed by atoms with van der Waals surface area (Å²) in [5, 5.41) is 15.1. The lowest BCUT2D eigenvalue weighted by atomic mass is 9.32. The molecule has 0 aliphatic heterocycles. The molecule has 0 radical (unpaired) electrons.